The normalized spacial score (nSPS) is 19.3. The summed E-state index contributed by atoms with van der Waals surface area (Å²) in [5.74, 6) is 1.34. The van der Waals surface area contributed by atoms with Crippen molar-refractivity contribution in [3.05, 3.63) is 23.8 Å². The number of hydrogen-bond donors (Lipinski definition) is 1. The van der Waals surface area contributed by atoms with Gasteiger partial charge in [0.2, 0.25) is 0 Å². The predicted octanol–water partition coefficient (Wildman–Crippen LogP) is 1.75. The van der Waals surface area contributed by atoms with Gasteiger partial charge >= 0.3 is 0 Å². The number of benzene rings is 1. The van der Waals surface area contributed by atoms with Crippen LogP contribution in [-0.4, -0.2) is 31.5 Å². The second-order valence-electron chi connectivity index (χ2n) is 4.09. The minimum absolute atomic E-state index is 0.000281. The highest BCUT2D eigenvalue weighted by Crippen LogP contribution is 2.28. The van der Waals surface area contributed by atoms with Crippen LogP contribution in [0, 0.1) is 0 Å². The third kappa shape index (κ3) is 3.11. The Labute approximate surface area is 101 Å². The second-order valence-corrected chi connectivity index (χ2v) is 4.09. The highest BCUT2D eigenvalue weighted by molar-refractivity contribution is 5.42. The van der Waals surface area contributed by atoms with Crippen molar-refractivity contribution in [1.29, 1.82) is 0 Å². The molecule has 1 aromatic carbocycles. The molecule has 1 saturated heterocycles. The van der Waals surface area contributed by atoms with Crippen LogP contribution in [0.15, 0.2) is 18.2 Å². The van der Waals surface area contributed by atoms with Crippen molar-refractivity contribution in [2.75, 3.05) is 20.3 Å². The maximum Gasteiger partial charge on any atom is 0.161 e. The maximum atomic E-state index is 9.08. The molecule has 1 heterocycles. The van der Waals surface area contributed by atoms with Crippen LogP contribution in [0.3, 0.4) is 0 Å². The first-order valence-electron chi connectivity index (χ1n) is 5.85. The largest absolute Gasteiger partial charge is 0.493 e. The van der Waals surface area contributed by atoms with E-state index in [1.807, 2.05) is 6.07 Å². The van der Waals surface area contributed by atoms with Crippen molar-refractivity contribution in [2.45, 2.75) is 25.6 Å². The Kier molecular flexibility index (Phi) is 4.23. The van der Waals surface area contributed by atoms with Crippen molar-refractivity contribution in [2.24, 2.45) is 0 Å². The van der Waals surface area contributed by atoms with Gasteiger partial charge in [0.1, 0.15) is 6.61 Å². The first-order valence-corrected chi connectivity index (χ1v) is 5.85. The zero-order valence-electron chi connectivity index (χ0n) is 10.0. The minimum atomic E-state index is 0.000281. The molecule has 4 nitrogen and oxygen atoms in total. The van der Waals surface area contributed by atoms with Gasteiger partial charge in [-0.05, 0) is 30.5 Å². The molecule has 0 radical (unpaired) electrons. The summed E-state index contributed by atoms with van der Waals surface area (Å²) in [4.78, 5) is 0. The van der Waals surface area contributed by atoms with E-state index in [2.05, 4.69) is 0 Å². The summed E-state index contributed by atoms with van der Waals surface area (Å²) in [5, 5.41) is 9.08. The summed E-state index contributed by atoms with van der Waals surface area (Å²) in [6.45, 7) is 1.35. The van der Waals surface area contributed by atoms with E-state index >= 15 is 0 Å². The van der Waals surface area contributed by atoms with Gasteiger partial charge in [0.15, 0.2) is 11.5 Å². The number of aliphatic hydroxyl groups excluding tert-OH is 1. The fourth-order valence-electron chi connectivity index (χ4n) is 1.89. The molecular weight excluding hydrogens is 220 g/mol. The quantitative estimate of drug-likeness (QED) is 0.849. The first-order chi connectivity index (χ1) is 8.33. The van der Waals surface area contributed by atoms with Gasteiger partial charge in [-0.3, -0.25) is 0 Å². The number of ether oxygens (including phenoxy) is 3. The molecule has 0 aromatic heterocycles. The van der Waals surface area contributed by atoms with Crippen LogP contribution in [-0.2, 0) is 11.3 Å². The highest BCUT2D eigenvalue weighted by atomic mass is 16.5. The number of methoxy groups -OCH3 is 1. The van der Waals surface area contributed by atoms with Gasteiger partial charge in [-0.2, -0.15) is 0 Å². The van der Waals surface area contributed by atoms with E-state index in [-0.39, 0.29) is 12.7 Å². The number of rotatable bonds is 5. The molecule has 0 aliphatic carbocycles. The third-order valence-electron chi connectivity index (χ3n) is 2.86. The molecule has 1 fully saturated rings. The molecule has 1 aliphatic rings. The lowest BCUT2D eigenvalue weighted by Gasteiger charge is -2.14. The molecular formula is C13H18O4. The van der Waals surface area contributed by atoms with Gasteiger partial charge in [0.25, 0.3) is 0 Å². The Morgan fingerprint density at radius 3 is 2.94 bits per heavy atom. The molecule has 4 heteroatoms. The summed E-state index contributed by atoms with van der Waals surface area (Å²) in [5.41, 5.74) is 0.813. The molecule has 1 aliphatic heterocycles. The van der Waals surface area contributed by atoms with Gasteiger partial charge in [-0.25, -0.2) is 0 Å². The van der Waals surface area contributed by atoms with Gasteiger partial charge in [0.05, 0.1) is 19.8 Å². The lowest BCUT2D eigenvalue weighted by molar-refractivity contribution is 0.0669. The van der Waals surface area contributed by atoms with Crippen LogP contribution >= 0.6 is 0 Å². The van der Waals surface area contributed by atoms with E-state index in [0.717, 1.165) is 25.0 Å². The molecule has 0 spiro atoms. The summed E-state index contributed by atoms with van der Waals surface area (Å²) in [7, 11) is 1.60. The lowest BCUT2D eigenvalue weighted by Crippen LogP contribution is -2.16. The van der Waals surface area contributed by atoms with Crippen molar-refractivity contribution >= 4 is 0 Å². The fraction of sp³-hybridized carbons (Fsp3) is 0.538. The van der Waals surface area contributed by atoms with Crippen LogP contribution < -0.4 is 9.47 Å². The molecule has 1 atom stereocenters. The van der Waals surface area contributed by atoms with Crippen LogP contribution in [0.4, 0.5) is 0 Å². The van der Waals surface area contributed by atoms with E-state index in [1.54, 1.807) is 19.2 Å². The Morgan fingerprint density at radius 2 is 2.29 bits per heavy atom. The van der Waals surface area contributed by atoms with Gasteiger partial charge in [0, 0.05) is 6.61 Å². The third-order valence-corrected chi connectivity index (χ3v) is 2.86. The zero-order valence-corrected chi connectivity index (χ0v) is 10.0. The second kappa shape index (κ2) is 5.89. The summed E-state index contributed by atoms with van der Waals surface area (Å²) < 4.78 is 16.4. The number of hydrogen-bond acceptors (Lipinski definition) is 4. The van der Waals surface area contributed by atoms with Crippen molar-refractivity contribution in [1.82, 2.24) is 0 Å². The molecule has 0 amide bonds. The van der Waals surface area contributed by atoms with Crippen molar-refractivity contribution in [3.63, 3.8) is 0 Å². The van der Waals surface area contributed by atoms with Crippen LogP contribution in [0.25, 0.3) is 0 Å². The van der Waals surface area contributed by atoms with Gasteiger partial charge < -0.3 is 19.3 Å². The summed E-state index contributed by atoms with van der Waals surface area (Å²) in [6, 6.07) is 5.42. The number of aliphatic hydroxyl groups is 1. The van der Waals surface area contributed by atoms with E-state index in [1.165, 1.54) is 0 Å². The van der Waals surface area contributed by atoms with E-state index in [9.17, 15) is 0 Å². The summed E-state index contributed by atoms with van der Waals surface area (Å²) >= 11 is 0. The fourth-order valence-corrected chi connectivity index (χ4v) is 1.89. The predicted molar refractivity (Wildman–Crippen MR) is 63.4 cm³/mol. The Bertz CT molecular complexity index is 358. The van der Waals surface area contributed by atoms with Crippen LogP contribution in [0.1, 0.15) is 18.4 Å². The molecule has 94 valence electrons. The Morgan fingerprint density at radius 1 is 1.41 bits per heavy atom. The van der Waals surface area contributed by atoms with E-state index < -0.39 is 0 Å². The van der Waals surface area contributed by atoms with Crippen LogP contribution in [0.2, 0.25) is 0 Å². The van der Waals surface area contributed by atoms with Gasteiger partial charge in [-0.1, -0.05) is 6.07 Å². The van der Waals surface area contributed by atoms with Crippen molar-refractivity contribution in [3.8, 4) is 11.5 Å². The molecule has 1 aromatic rings. The van der Waals surface area contributed by atoms with Gasteiger partial charge in [-0.15, -0.1) is 0 Å². The van der Waals surface area contributed by atoms with E-state index in [4.69, 9.17) is 19.3 Å². The molecule has 1 N–H and O–H groups in total. The summed E-state index contributed by atoms with van der Waals surface area (Å²) in [6.07, 6.45) is 2.32. The average molecular weight is 238 g/mol. The maximum absolute atomic E-state index is 9.08. The zero-order chi connectivity index (χ0) is 12.1. The molecule has 0 bridgehead atoms. The molecule has 2 rings (SSSR count). The highest BCUT2D eigenvalue weighted by Gasteiger charge is 2.17. The SMILES string of the molecule is COc1ccc(CO)cc1OCC1CCCO1. The smallest absolute Gasteiger partial charge is 0.161 e. The lowest BCUT2D eigenvalue weighted by atomic mass is 10.2. The molecule has 17 heavy (non-hydrogen) atoms. The Balaban J connectivity index is 2.01. The minimum Gasteiger partial charge on any atom is -0.493 e. The molecule has 0 saturated carbocycles. The Hall–Kier alpha value is -1.26. The average Bonchev–Trinajstić information content (AvgIpc) is 2.89. The standard InChI is InChI=1S/C13H18O4/c1-15-12-5-4-10(8-14)7-13(12)17-9-11-3-2-6-16-11/h4-5,7,11,14H,2-3,6,8-9H2,1H3. The first kappa shape index (κ1) is 12.2. The van der Waals surface area contributed by atoms with Crippen LogP contribution in [0.5, 0.6) is 11.5 Å². The van der Waals surface area contributed by atoms with Crippen molar-refractivity contribution < 1.29 is 19.3 Å². The van der Waals surface area contributed by atoms with E-state index in [0.29, 0.717) is 18.1 Å². The molecule has 1 unspecified atom stereocenters. The topological polar surface area (TPSA) is 47.9 Å². The monoisotopic (exact) mass is 238 g/mol.